The third kappa shape index (κ3) is 1.49. The summed E-state index contributed by atoms with van der Waals surface area (Å²) in [6, 6.07) is 6.29. The molecule has 15 heavy (non-hydrogen) atoms. The molecular weight excluding hydrogens is 206 g/mol. The van der Waals surface area contributed by atoms with Crippen LogP contribution in [0.4, 0.5) is 0 Å². The van der Waals surface area contributed by atoms with Crippen molar-refractivity contribution in [2.24, 2.45) is 11.7 Å². The molecule has 2 unspecified atom stereocenters. The van der Waals surface area contributed by atoms with E-state index in [4.69, 9.17) is 17.3 Å². The van der Waals surface area contributed by atoms with E-state index >= 15 is 0 Å². The van der Waals surface area contributed by atoms with Crippen molar-refractivity contribution in [2.45, 2.75) is 31.1 Å². The lowest BCUT2D eigenvalue weighted by Crippen LogP contribution is -2.09. The van der Waals surface area contributed by atoms with Crippen LogP contribution in [0.25, 0.3) is 0 Å². The van der Waals surface area contributed by atoms with Gasteiger partial charge >= 0.3 is 0 Å². The standard InChI is InChI=1S/C13H16ClN/c14-12-3-1-2-10-9(7-15)6-11(13(10)12)8-4-5-8/h1-3,8-9,11H,4-7,15H2. The Hall–Kier alpha value is -0.530. The highest BCUT2D eigenvalue weighted by Gasteiger charge is 2.40. The van der Waals surface area contributed by atoms with E-state index in [9.17, 15) is 0 Å². The largest absolute Gasteiger partial charge is 0.330 e. The molecule has 1 aromatic rings. The summed E-state index contributed by atoms with van der Waals surface area (Å²) in [7, 11) is 0. The molecule has 80 valence electrons. The second kappa shape index (κ2) is 3.50. The number of halogens is 1. The SMILES string of the molecule is NCC1CC(C2CC2)c2c(Cl)cccc21. The molecule has 2 atom stereocenters. The molecule has 1 fully saturated rings. The topological polar surface area (TPSA) is 26.0 Å². The summed E-state index contributed by atoms with van der Waals surface area (Å²) in [4.78, 5) is 0. The fraction of sp³-hybridized carbons (Fsp3) is 0.538. The molecule has 1 aromatic carbocycles. The lowest BCUT2D eigenvalue weighted by molar-refractivity contribution is 0.545. The Labute approximate surface area is 95.6 Å². The van der Waals surface area contributed by atoms with Crippen molar-refractivity contribution in [3.05, 3.63) is 34.3 Å². The molecule has 0 amide bonds. The summed E-state index contributed by atoms with van der Waals surface area (Å²) in [5.41, 5.74) is 8.67. The summed E-state index contributed by atoms with van der Waals surface area (Å²) < 4.78 is 0. The van der Waals surface area contributed by atoms with Gasteiger partial charge in [-0.3, -0.25) is 0 Å². The summed E-state index contributed by atoms with van der Waals surface area (Å²) >= 11 is 6.32. The van der Waals surface area contributed by atoms with Crippen LogP contribution in [0.2, 0.25) is 5.02 Å². The van der Waals surface area contributed by atoms with E-state index in [1.165, 1.54) is 30.4 Å². The minimum atomic E-state index is 0.546. The van der Waals surface area contributed by atoms with Gasteiger partial charge in [-0.1, -0.05) is 23.7 Å². The lowest BCUT2D eigenvalue weighted by atomic mass is 9.96. The fourth-order valence-corrected chi connectivity index (χ4v) is 3.32. The minimum absolute atomic E-state index is 0.546. The lowest BCUT2D eigenvalue weighted by Gasteiger charge is -2.11. The number of benzene rings is 1. The quantitative estimate of drug-likeness (QED) is 0.815. The Bertz CT molecular complexity index is 384. The first-order chi connectivity index (χ1) is 7.31. The fourth-order valence-electron chi connectivity index (χ4n) is 3.00. The van der Waals surface area contributed by atoms with Crippen molar-refractivity contribution in [3.63, 3.8) is 0 Å². The van der Waals surface area contributed by atoms with Gasteiger partial charge in [-0.15, -0.1) is 0 Å². The smallest absolute Gasteiger partial charge is 0.0443 e. The Morgan fingerprint density at radius 2 is 2.13 bits per heavy atom. The average Bonchev–Trinajstić information content (AvgIpc) is 3.00. The molecule has 2 aliphatic carbocycles. The van der Waals surface area contributed by atoms with Crippen LogP contribution in [-0.4, -0.2) is 6.54 Å². The molecule has 2 heteroatoms. The van der Waals surface area contributed by atoms with Gasteiger partial charge in [0.25, 0.3) is 0 Å². The zero-order chi connectivity index (χ0) is 10.4. The molecule has 3 rings (SSSR count). The first-order valence-corrected chi connectivity index (χ1v) is 6.17. The number of nitrogens with two attached hydrogens (primary N) is 1. The van der Waals surface area contributed by atoms with Crippen molar-refractivity contribution >= 4 is 11.6 Å². The molecule has 1 saturated carbocycles. The van der Waals surface area contributed by atoms with Gasteiger partial charge in [0.1, 0.15) is 0 Å². The van der Waals surface area contributed by atoms with Crippen LogP contribution in [0.15, 0.2) is 18.2 Å². The van der Waals surface area contributed by atoms with Gasteiger partial charge in [0.05, 0.1) is 0 Å². The summed E-state index contributed by atoms with van der Waals surface area (Å²) in [5, 5.41) is 0.959. The third-order valence-corrected chi connectivity index (χ3v) is 4.24. The van der Waals surface area contributed by atoms with Crippen LogP contribution in [-0.2, 0) is 0 Å². The third-order valence-electron chi connectivity index (χ3n) is 3.91. The predicted octanol–water partition coefficient (Wildman–Crippen LogP) is 3.28. The van der Waals surface area contributed by atoms with Gasteiger partial charge in [-0.05, 0) is 60.8 Å². The first kappa shape index (κ1) is 9.68. The second-order valence-corrected chi connectivity index (χ2v) is 5.26. The van der Waals surface area contributed by atoms with E-state index in [0.717, 1.165) is 17.5 Å². The Morgan fingerprint density at radius 3 is 2.80 bits per heavy atom. The summed E-state index contributed by atoms with van der Waals surface area (Å²) in [5.74, 6) is 2.13. The van der Waals surface area contributed by atoms with Crippen molar-refractivity contribution in [2.75, 3.05) is 6.54 Å². The zero-order valence-corrected chi connectivity index (χ0v) is 9.50. The van der Waals surface area contributed by atoms with E-state index in [2.05, 4.69) is 12.1 Å². The molecule has 0 spiro atoms. The van der Waals surface area contributed by atoms with Crippen LogP contribution in [0, 0.1) is 5.92 Å². The maximum absolute atomic E-state index is 6.32. The maximum Gasteiger partial charge on any atom is 0.0443 e. The molecule has 2 aliphatic rings. The molecule has 0 aliphatic heterocycles. The Morgan fingerprint density at radius 1 is 1.33 bits per heavy atom. The molecule has 0 heterocycles. The van der Waals surface area contributed by atoms with Crippen molar-refractivity contribution in [3.8, 4) is 0 Å². The molecule has 2 N–H and O–H groups in total. The van der Waals surface area contributed by atoms with Crippen LogP contribution in [0.5, 0.6) is 0 Å². The molecule has 0 saturated heterocycles. The monoisotopic (exact) mass is 221 g/mol. The molecule has 0 radical (unpaired) electrons. The van der Waals surface area contributed by atoms with E-state index in [0.29, 0.717) is 11.8 Å². The number of fused-ring (bicyclic) bond motifs is 1. The van der Waals surface area contributed by atoms with Crippen LogP contribution in [0.1, 0.15) is 42.2 Å². The number of rotatable bonds is 2. The van der Waals surface area contributed by atoms with Gasteiger partial charge in [0.2, 0.25) is 0 Å². The first-order valence-electron chi connectivity index (χ1n) is 5.79. The zero-order valence-electron chi connectivity index (χ0n) is 8.75. The molecule has 0 aromatic heterocycles. The van der Waals surface area contributed by atoms with Gasteiger partial charge in [-0.2, -0.15) is 0 Å². The van der Waals surface area contributed by atoms with Crippen LogP contribution in [0.3, 0.4) is 0 Å². The van der Waals surface area contributed by atoms with Crippen LogP contribution < -0.4 is 5.73 Å². The Balaban J connectivity index is 2.06. The van der Waals surface area contributed by atoms with Crippen molar-refractivity contribution in [1.82, 2.24) is 0 Å². The van der Waals surface area contributed by atoms with Gasteiger partial charge < -0.3 is 5.73 Å². The summed E-state index contributed by atoms with van der Waals surface area (Å²) in [6.45, 7) is 0.760. The van der Waals surface area contributed by atoms with E-state index in [1.54, 1.807) is 0 Å². The molecule has 0 bridgehead atoms. The van der Waals surface area contributed by atoms with Crippen LogP contribution >= 0.6 is 11.6 Å². The second-order valence-electron chi connectivity index (χ2n) is 4.85. The molecule has 1 nitrogen and oxygen atoms in total. The minimum Gasteiger partial charge on any atom is -0.330 e. The van der Waals surface area contributed by atoms with Gasteiger partial charge in [-0.25, -0.2) is 0 Å². The highest BCUT2D eigenvalue weighted by Crippen LogP contribution is 2.54. The highest BCUT2D eigenvalue weighted by atomic mass is 35.5. The van der Waals surface area contributed by atoms with E-state index < -0.39 is 0 Å². The van der Waals surface area contributed by atoms with Crippen molar-refractivity contribution in [1.29, 1.82) is 0 Å². The number of hydrogen-bond donors (Lipinski definition) is 1. The van der Waals surface area contributed by atoms with E-state index in [1.807, 2.05) is 6.07 Å². The maximum atomic E-state index is 6.32. The predicted molar refractivity (Wildman–Crippen MR) is 63.3 cm³/mol. The molecular formula is C13H16ClN. The van der Waals surface area contributed by atoms with Gasteiger partial charge in [0.15, 0.2) is 0 Å². The van der Waals surface area contributed by atoms with Crippen molar-refractivity contribution < 1.29 is 0 Å². The van der Waals surface area contributed by atoms with E-state index in [-0.39, 0.29) is 0 Å². The highest BCUT2D eigenvalue weighted by molar-refractivity contribution is 6.31. The normalized spacial score (nSPS) is 29.2. The summed E-state index contributed by atoms with van der Waals surface area (Å²) in [6.07, 6.45) is 3.99. The Kier molecular flexibility index (Phi) is 2.26. The number of hydrogen-bond acceptors (Lipinski definition) is 1. The van der Waals surface area contributed by atoms with Gasteiger partial charge in [0, 0.05) is 5.02 Å². The average molecular weight is 222 g/mol.